The van der Waals surface area contributed by atoms with Gasteiger partial charge < -0.3 is 21.8 Å². The number of rotatable bonds is 8. The lowest BCUT2D eigenvalue weighted by Crippen LogP contribution is -3.00. The maximum absolute atomic E-state index is 11.0. The lowest BCUT2D eigenvalue weighted by Gasteiger charge is -2.29. The largest absolute Gasteiger partial charge is 1.00 e. The molecular formula is C20H25ClN6O2S. The number of halogens is 1. The molecule has 0 bridgehead atoms. The van der Waals surface area contributed by atoms with Gasteiger partial charge >= 0.3 is 0 Å². The maximum Gasteiger partial charge on any atom is 0.270 e. The maximum atomic E-state index is 11.0. The first-order chi connectivity index (χ1) is 13.8. The quantitative estimate of drug-likeness (QED) is 0.229. The molecule has 30 heavy (non-hydrogen) atoms. The summed E-state index contributed by atoms with van der Waals surface area (Å²) >= 11 is 1.18. The number of hydrogen-bond acceptors (Lipinski definition) is 7. The van der Waals surface area contributed by atoms with Crippen molar-refractivity contribution < 1.29 is 21.8 Å². The molecule has 10 heteroatoms. The molecule has 1 aromatic heterocycles. The van der Waals surface area contributed by atoms with Crippen LogP contribution in [0.3, 0.4) is 0 Å². The van der Waals surface area contributed by atoms with E-state index in [0.29, 0.717) is 15.9 Å². The molecule has 0 aliphatic heterocycles. The van der Waals surface area contributed by atoms with Crippen LogP contribution in [0.1, 0.15) is 6.92 Å². The van der Waals surface area contributed by atoms with Gasteiger partial charge in [-0.1, -0.05) is 0 Å². The lowest BCUT2D eigenvalue weighted by molar-refractivity contribution is -0.868. The first-order valence-corrected chi connectivity index (χ1v) is 10.2. The highest BCUT2D eigenvalue weighted by Gasteiger charge is 2.13. The first-order valence-electron chi connectivity index (χ1n) is 9.38. The zero-order valence-corrected chi connectivity index (χ0v) is 19.0. The summed E-state index contributed by atoms with van der Waals surface area (Å²) in [5, 5.41) is 20.8. The van der Waals surface area contributed by atoms with Gasteiger partial charge in [-0.2, -0.15) is 4.37 Å². The first kappa shape index (κ1) is 23.7. The monoisotopic (exact) mass is 448 g/mol. The van der Waals surface area contributed by atoms with Crippen LogP contribution in [0.2, 0.25) is 0 Å². The zero-order valence-electron chi connectivity index (χ0n) is 17.4. The molecule has 3 aromatic rings. The van der Waals surface area contributed by atoms with E-state index in [4.69, 9.17) is 0 Å². The van der Waals surface area contributed by atoms with Crippen LogP contribution in [0.15, 0.2) is 52.7 Å². The second-order valence-corrected chi connectivity index (χ2v) is 8.51. The standard InChI is InChI=1S/C20H25N6O2S.ClH/c1-5-24(12-13-26(2,3)4)16-8-6-15(7-9-16)21-22-20-18-14-17(25(27)28)10-11-19(18)23-29-20;/h6-11,14H,5,12-13H2,1-4H3;1H/q+1;/p-1. The summed E-state index contributed by atoms with van der Waals surface area (Å²) in [5.74, 6) is 0. The van der Waals surface area contributed by atoms with Crippen molar-refractivity contribution in [2.24, 2.45) is 10.2 Å². The van der Waals surface area contributed by atoms with Crippen molar-refractivity contribution in [2.75, 3.05) is 45.7 Å². The number of anilines is 1. The smallest absolute Gasteiger partial charge is 0.270 e. The second kappa shape index (κ2) is 9.92. The van der Waals surface area contributed by atoms with Crippen LogP contribution >= 0.6 is 11.5 Å². The molecule has 0 radical (unpaired) electrons. The summed E-state index contributed by atoms with van der Waals surface area (Å²) in [4.78, 5) is 12.9. The Morgan fingerprint density at radius 1 is 1.13 bits per heavy atom. The van der Waals surface area contributed by atoms with Crippen LogP contribution in [0, 0.1) is 10.1 Å². The van der Waals surface area contributed by atoms with Crippen molar-refractivity contribution in [1.82, 2.24) is 4.37 Å². The van der Waals surface area contributed by atoms with E-state index in [2.05, 4.69) is 47.6 Å². The third-order valence-corrected chi connectivity index (χ3v) is 5.31. The van der Waals surface area contributed by atoms with Crippen LogP contribution in [0.5, 0.6) is 0 Å². The minimum Gasteiger partial charge on any atom is -1.00 e. The van der Waals surface area contributed by atoms with Crippen LogP contribution in [-0.4, -0.2) is 54.6 Å². The molecule has 0 unspecified atom stereocenters. The Labute approximate surface area is 186 Å². The minimum atomic E-state index is -0.422. The number of nitrogens with zero attached hydrogens (tertiary/aromatic N) is 6. The van der Waals surface area contributed by atoms with Gasteiger partial charge in [0, 0.05) is 29.8 Å². The highest BCUT2D eigenvalue weighted by atomic mass is 35.5. The van der Waals surface area contributed by atoms with E-state index in [0.717, 1.165) is 35.5 Å². The highest BCUT2D eigenvalue weighted by Crippen LogP contribution is 2.34. The number of aromatic nitrogens is 1. The zero-order chi connectivity index (χ0) is 21.0. The van der Waals surface area contributed by atoms with Gasteiger partial charge in [0.2, 0.25) is 0 Å². The van der Waals surface area contributed by atoms with Crippen molar-refractivity contribution in [1.29, 1.82) is 0 Å². The summed E-state index contributed by atoms with van der Waals surface area (Å²) in [5.41, 5.74) is 2.58. The number of hydrogen-bond donors (Lipinski definition) is 0. The van der Waals surface area contributed by atoms with Crippen molar-refractivity contribution in [3.8, 4) is 0 Å². The van der Waals surface area contributed by atoms with E-state index in [1.54, 1.807) is 6.07 Å². The summed E-state index contributed by atoms with van der Waals surface area (Å²) in [6, 6.07) is 12.5. The Bertz CT molecular complexity index is 1030. The molecule has 0 spiro atoms. The van der Waals surface area contributed by atoms with Gasteiger partial charge in [-0.25, -0.2) is 0 Å². The molecule has 0 amide bonds. The molecule has 0 atom stereocenters. The number of likely N-dealkylation sites (N-methyl/N-ethyl adjacent to an activating group) is 2. The van der Waals surface area contributed by atoms with E-state index in [9.17, 15) is 10.1 Å². The molecule has 0 saturated carbocycles. The second-order valence-electron chi connectivity index (χ2n) is 7.76. The minimum absolute atomic E-state index is 0. The lowest BCUT2D eigenvalue weighted by atomic mass is 10.2. The SMILES string of the molecule is CCN(CC[N+](C)(C)C)c1ccc(N=Nc2snc3ccc([N+](=O)[O-])cc23)cc1.[Cl-]. The van der Waals surface area contributed by atoms with Gasteiger partial charge in [-0.3, -0.25) is 10.1 Å². The van der Waals surface area contributed by atoms with Crippen LogP contribution in [-0.2, 0) is 0 Å². The third-order valence-electron chi connectivity index (χ3n) is 4.55. The average molecular weight is 449 g/mol. The third kappa shape index (κ3) is 5.94. The normalized spacial score (nSPS) is 11.6. The van der Waals surface area contributed by atoms with Crippen molar-refractivity contribution >= 4 is 44.5 Å². The molecule has 0 fully saturated rings. The fraction of sp³-hybridized carbons (Fsp3) is 0.350. The molecule has 8 nitrogen and oxygen atoms in total. The van der Waals surface area contributed by atoms with E-state index < -0.39 is 4.92 Å². The van der Waals surface area contributed by atoms with Gasteiger partial charge in [0.15, 0.2) is 5.00 Å². The van der Waals surface area contributed by atoms with Crippen LogP contribution in [0.25, 0.3) is 10.9 Å². The summed E-state index contributed by atoms with van der Waals surface area (Å²) < 4.78 is 5.20. The number of azo groups is 1. The number of quaternary nitrogens is 1. The fourth-order valence-corrected chi connectivity index (χ4v) is 3.51. The summed E-state index contributed by atoms with van der Waals surface area (Å²) in [7, 11) is 6.57. The molecule has 0 aliphatic rings. The Kier molecular flexibility index (Phi) is 7.83. The van der Waals surface area contributed by atoms with Gasteiger partial charge in [0.25, 0.3) is 5.69 Å². The average Bonchev–Trinajstić information content (AvgIpc) is 3.09. The van der Waals surface area contributed by atoms with Gasteiger partial charge in [0.1, 0.15) is 0 Å². The molecule has 1 heterocycles. The van der Waals surface area contributed by atoms with Crippen molar-refractivity contribution in [3.63, 3.8) is 0 Å². The Balaban J connectivity index is 0.00000320. The predicted molar refractivity (Wildman–Crippen MR) is 118 cm³/mol. The molecule has 0 aliphatic carbocycles. The van der Waals surface area contributed by atoms with Crippen molar-refractivity contribution in [2.45, 2.75) is 6.92 Å². The fourth-order valence-electron chi connectivity index (χ4n) is 2.83. The Hall–Kier alpha value is -2.62. The molecular weight excluding hydrogens is 424 g/mol. The number of nitro benzene ring substituents is 1. The molecule has 0 N–H and O–H groups in total. The van der Waals surface area contributed by atoms with Crippen LogP contribution in [0.4, 0.5) is 22.1 Å². The van der Waals surface area contributed by atoms with Crippen LogP contribution < -0.4 is 17.3 Å². The van der Waals surface area contributed by atoms with E-state index in [1.807, 2.05) is 24.3 Å². The molecule has 3 rings (SSSR count). The molecule has 0 saturated heterocycles. The van der Waals surface area contributed by atoms with E-state index in [1.165, 1.54) is 23.7 Å². The van der Waals surface area contributed by atoms with Gasteiger partial charge in [-0.05, 0) is 48.8 Å². The summed E-state index contributed by atoms with van der Waals surface area (Å²) in [6.45, 7) is 5.12. The van der Waals surface area contributed by atoms with Crippen molar-refractivity contribution in [3.05, 3.63) is 52.6 Å². The Morgan fingerprint density at radius 3 is 2.43 bits per heavy atom. The number of non-ortho nitro benzene ring substituents is 1. The predicted octanol–water partition coefficient (Wildman–Crippen LogP) is 2.16. The number of benzene rings is 2. The number of fused-ring (bicyclic) bond motifs is 1. The van der Waals surface area contributed by atoms with E-state index >= 15 is 0 Å². The van der Waals surface area contributed by atoms with Gasteiger partial charge in [-0.15, -0.1) is 10.2 Å². The van der Waals surface area contributed by atoms with Gasteiger partial charge in [0.05, 0.1) is 50.4 Å². The highest BCUT2D eigenvalue weighted by molar-refractivity contribution is 7.11. The Morgan fingerprint density at radius 2 is 1.83 bits per heavy atom. The molecule has 160 valence electrons. The molecule has 2 aromatic carbocycles. The topological polar surface area (TPSA) is 84.0 Å². The summed E-state index contributed by atoms with van der Waals surface area (Å²) in [6.07, 6.45) is 0. The number of nitro groups is 1. The van der Waals surface area contributed by atoms with E-state index in [-0.39, 0.29) is 18.1 Å².